The lowest BCUT2D eigenvalue weighted by molar-refractivity contribution is 0.219. The highest BCUT2D eigenvalue weighted by atomic mass is 35.5. The Morgan fingerprint density at radius 2 is 1.83 bits per heavy atom. The van der Waals surface area contributed by atoms with Gasteiger partial charge in [-0.2, -0.15) is 0 Å². The number of benzene rings is 2. The first-order valence-electron chi connectivity index (χ1n) is 5.38. The normalized spacial score (nSPS) is 12.5. The fraction of sp³-hybridized carbons (Fsp3) is 0.143. The van der Waals surface area contributed by atoms with Gasteiger partial charge in [0.15, 0.2) is 11.6 Å². The van der Waals surface area contributed by atoms with Gasteiger partial charge in [0, 0.05) is 10.6 Å². The van der Waals surface area contributed by atoms with Crippen LogP contribution in [0, 0.1) is 18.6 Å². The third-order valence-electron chi connectivity index (χ3n) is 2.78. The van der Waals surface area contributed by atoms with E-state index in [-0.39, 0.29) is 5.56 Å². The Morgan fingerprint density at radius 3 is 2.50 bits per heavy atom. The van der Waals surface area contributed by atoms with Crippen molar-refractivity contribution in [1.29, 1.82) is 0 Å². The Kier molecular flexibility index (Phi) is 3.64. The minimum absolute atomic E-state index is 0.265. The molecule has 0 aliphatic carbocycles. The molecule has 0 aromatic heterocycles. The second-order valence-electron chi connectivity index (χ2n) is 4.05. The smallest absolute Gasteiger partial charge is 0.159 e. The van der Waals surface area contributed by atoms with Gasteiger partial charge in [-0.25, -0.2) is 8.78 Å². The molecule has 1 N–H and O–H groups in total. The summed E-state index contributed by atoms with van der Waals surface area (Å²) in [7, 11) is 0. The van der Waals surface area contributed by atoms with Crippen LogP contribution in [0.15, 0.2) is 36.4 Å². The number of aryl methyl sites for hydroxylation is 1. The largest absolute Gasteiger partial charge is 0.384 e. The van der Waals surface area contributed by atoms with Gasteiger partial charge < -0.3 is 5.11 Å². The van der Waals surface area contributed by atoms with E-state index >= 15 is 0 Å². The number of halogens is 3. The van der Waals surface area contributed by atoms with Gasteiger partial charge in [-0.3, -0.25) is 0 Å². The van der Waals surface area contributed by atoms with Gasteiger partial charge >= 0.3 is 0 Å². The van der Waals surface area contributed by atoms with E-state index in [9.17, 15) is 13.9 Å². The average Bonchev–Trinajstić information content (AvgIpc) is 2.35. The predicted octanol–water partition coefficient (Wildman–Crippen LogP) is 4.01. The highest BCUT2D eigenvalue weighted by Crippen LogP contribution is 2.30. The molecule has 18 heavy (non-hydrogen) atoms. The van der Waals surface area contributed by atoms with Crippen molar-refractivity contribution in [3.05, 3.63) is 69.7 Å². The van der Waals surface area contributed by atoms with Gasteiger partial charge in [0.1, 0.15) is 6.10 Å². The maximum Gasteiger partial charge on any atom is 0.159 e. The lowest BCUT2D eigenvalue weighted by Crippen LogP contribution is -2.02. The highest BCUT2D eigenvalue weighted by Gasteiger charge is 2.16. The van der Waals surface area contributed by atoms with Crippen LogP contribution in [0.4, 0.5) is 8.78 Å². The van der Waals surface area contributed by atoms with Gasteiger partial charge in [-0.1, -0.05) is 35.9 Å². The van der Waals surface area contributed by atoms with Gasteiger partial charge in [-0.15, -0.1) is 0 Å². The molecule has 0 bridgehead atoms. The van der Waals surface area contributed by atoms with Crippen LogP contribution in [0.25, 0.3) is 0 Å². The van der Waals surface area contributed by atoms with Crippen LogP contribution < -0.4 is 0 Å². The summed E-state index contributed by atoms with van der Waals surface area (Å²) in [5, 5.41) is 10.6. The Bertz CT molecular complexity index is 584. The molecule has 1 atom stereocenters. The lowest BCUT2D eigenvalue weighted by Gasteiger charge is -2.14. The molecule has 2 rings (SSSR count). The summed E-state index contributed by atoms with van der Waals surface area (Å²) in [6, 6.07) is 8.50. The van der Waals surface area contributed by atoms with Crippen molar-refractivity contribution in [2.24, 2.45) is 0 Å². The van der Waals surface area contributed by atoms with Crippen molar-refractivity contribution in [3.8, 4) is 0 Å². The van der Waals surface area contributed by atoms with E-state index in [0.29, 0.717) is 10.6 Å². The predicted molar refractivity (Wildman–Crippen MR) is 66.6 cm³/mol. The van der Waals surface area contributed by atoms with Crippen LogP contribution in [0.5, 0.6) is 0 Å². The average molecular weight is 269 g/mol. The molecule has 0 amide bonds. The zero-order valence-corrected chi connectivity index (χ0v) is 10.4. The second-order valence-corrected chi connectivity index (χ2v) is 4.43. The zero-order chi connectivity index (χ0) is 13.3. The number of hydrogen-bond acceptors (Lipinski definition) is 1. The number of rotatable bonds is 2. The summed E-state index contributed by atoms with van der Waals surface area (Å²) in [6.45, 7) is 1.81. The molecule has 4 heteroatoms. The topological polar surface area (TPSA) is 20.2 Å². The number of aliphatic hydroxyl groups is 1. The van der Waals surface area contributed by atoms with E-state index in [1.54, 1.807) is 12.1 Å². The third-order valence-corrected chi connectivity index (χ3v) is 3.29. The molecule has 94 valence electrons. The first-order chi connectivity index (χ1) is 8.50. The van der Waals surface area contributed by atoms with Crippen molar-refractivity contribution in [3.63, 3.8) is 0 Å². The fourth-order valence-corrected chi connectivity index (χ4v) is 1.97. The SMILES string of the molecule is Cc1cccc(C(O)c2ccc(F)c(F)c2)c1Cl. The fourth-order valence-electron chi connectivity index (χ4n) is 1.74. The Labute approximate surface area is 109 Å². The molecule has 0 aliphatic rings. The molecule has 0 radical (unpaired) electrons. The summed E-state index contributed by atoms with van der Waals surface area (Å²) in [5.41, 5.74) is 1.56. The van der Waals surface area contributed by atoms with Crippen molar-refractivity contribution < 1.29 is 13.9 Å². The minimum Gasteiger partial charge on any atom is -0.384 e. The lowest BCUT2D eigenvalue weighted by atomic mass is 10.00. The van der Waals surface area contributed by atoms with Gasteiger partial charge in [0.2, 0.25) is 0 Å². The summed E-state index contributed by atoms with van der Waals surface area (Å²) in [6.07, 6.45) is -1.08. The summed E-state index contributed by atoms with van der Waals surface area (Å²) in [5.74, 6) is -1.93. The molecule has 0 heterocycles. The Balaban J connectivity index is 2.44. The first kappa shape index (κ1) is 13.0. The third kappa shape index (κ3) is 2.37. The monoisotopic (exact) mass is 268 g/mol. The molecule has 2 aromatic rings. The molecule has 2 aromatic carbocycles. The maximum absolute atomic E-state index is 13.1. The molecule has 1 unspecified atom stereocenters. The molecule has 0 aliphatic heterocycles. The summed E-state index contributed by atoms with van der Waals surface area (Å²) in [4.78, 5) is 0. The standard InChI is InChI=1S/C14H11ClF2O/c1-8-3-2-4-10(13(8)15)14(18)9-5-6-11(16)12(17)7-9/h2-7,14,18H,1H3. The quantitative estimate of drug-likeness (QED) is 0.873. The van der Waals surface area contributed by atoms with Crippen molar-refractivity contribution in [1.82, 2.24) is 0 Å². The minimum atomic E-state index is -1.08. The van der Waals surface area contributed by atoms with Gasteiger partial charge in [-0.05, 0) is 30.2 Å². The van der Waals surface area contributed by atoms with Crippen molar-refractivity contribution in [2.75, 3.05) is 0 Å². The molecular weight excluding hydrogens is 258 g/mol. The van der Waals surface area contributed by atoms with E-state index in [1.165, 1.54) is 6.07 Å². The molecule has 0 fully saturated rings. The van der Waals surface area contributed by atoms with Gasteiger partial charge in [0.25, 0.3) is 0 Å². The second kappa shape index (κ2) is 5.04. The van der Waals surface area contributed by atoms with Crippen LogP contribution in [0.1, 0.15) is 22.8 Å². The molecule has 0 spiro atoms. The van der Waals surface area contributed by atoms with E-state index < -0.39 is 17.7 Å². The molecule has 0 saturated carbocycles. The van der Waals surface area contributed by atoms with E-state index in [1.807, 2.05) is 13.0 Å². The summed E-state index contributed by atoms with van der Waals surface area (Å²) < 4.78 is 25.9. The maximum atomic E-state index is 13.1. The van der Waals surface area contributed by atoms with Crippen LogP contribution >= 0.6 is 11.6 Å². The Morgan fingerprint density at radius 1 is 1.11 bits per heavy atom. The Hall–Kier alpha value is -1.45. The number of aliphatic hydroxyl groups excluding tert-OH is 1. The van der Waals surface area contributed by atoms with E-state index in [2.05, 4.69) is 0 Å². The molecule has 0 saturated heterocycles. The van der Waals surface area contributed by atoms with Crippen molar-refractivity contribution in [2.45, 2.75) is 13.0 Å². The molecule has 1 nitrogen and oxygen atoms in total. The van der Waals surface area contributed by atoms with Gasteiger partial charge in [0.05, 0.1) is 0 Å². The van der Waals surface area contributed by atoms with Crippen LogP contribution in [0.2, 0.25) is 5.02 Å². The molecular formula is C14H11ClF2O. The van der Waals surface area contributed by atoms with Crippen LogP contribution in [0.3, 0.4) is 0 Å². The van der Waals surface area contributed by atoms with Crippen molar-refractivity contribution >= 4 is 11.6 Å². The first-order valence-corrected chi connectivity index (χ1v) is 5.76. The number of hydrogen-bond donors (Lipinski definition) is 1. The van der Waals surface area contributed by atoms with E-state index in [0.717, 1.165) is 17.7 Å². The van der Waals surface area contributed by atoms with E-state index in [4.69, 9.17) is 11.6 Å². The van der Waals surface area contributed by atoms with Crippen LogP contribution in [-0.4, -0.2) is 5.11 Å². The zero-order valence-electron chi connectivity index (χ0n) is 9.62. The van der Waals surface area contributed by atoms with Crippen LogP contribution in [-0.2, 0) is 0 Å². The summed E-state index contributed by atoms with van der Waals surface area (Å²) >= 11 is 6.08. The highest BCUT2D eigenvalue weighted by molar-refractivity contribution is 6.32.